The average molecular weight is 270 g/mol. The molecule has 0 saturated carbocycles. The van der Waals surface area contributed by atoms with Crippen LogP contribution in [-0.4, -0.2) is 4.98 Å². The Balaban J connectivity index is 2.70. The lowest BCUT2D eigenvalue weighted by Gasteiger charge is -1.92. The highest BCUT2D eigenvalue weighted by Gasteiger charge is 2.07. The van der Waals surface area contributed by atoms with Crippen LogP contribution in [0.15, 0.2) is 26.8 Å². The average Bonchev–Trinajstić information content (AvgIpc) is 2.70. The molecule has 64 valence electrons. The van der Waals surface area contributed by atoms with E-state index < -0.39 is 0 Å². The summed E-state index contributed by atoms with van der Waals surface area (Å²) in [7, 11) is 0. The van der Waals surface area contributed by atoms with Crippen molar-refractivity contribution in [3.05, 3.63) is 26.8 Å². The van der Waals surface area contributed by atoms with Gasteiger partial charge in [-0.25, -0.2) is 0 Å². The number of hydrogen-bond acceptors (Lipinski definition) is 3. The van der Waals surface area contributed by atoms with Crippen molar-refractivity contribution in [2.45, 2.75) is 0 Å². The Bertz CT molecular complexity index is 581. The first-order valence-corrected chi connectivity index (χ1v) is 6.30. The maximum Gasteiger partial charge on any atom is 0.0827 e. The zero-order valence-electron chi connectivity index (χ0n) is 6.45. The molecule has 0 aliphatic rings. The van der Waals surface area contributed by atoms with Gasteiger partial charge in [-0.05, 0) is 27.4 Å². The van der Waals surface area contributed by atoms with Gasteiger partial charge in [0.2, 0.25) is 0 Å². The number of halogens is 1. The highest BCUT2D eigenvalue weighted by Crippen LogP contribution is 2.36. The molecule has 3 rings (SSSR count). The van der Waals surface area contributed by atoms with E-state index in [1.165, 1.54) is 19.3 Å². The van der Waals surface area contributed by atoms with E-state index in [2.05, 4.69) is 37.7 Å². The van der Waals surface area contributed by atoms with Crippen LogP contribution in [0.1, 0.15) is 0 Å². The highest BCUT2D eigenvalue weighted by atomic mass is 79.9. The van der Waals surface area contributed by atoms with Crippen LogP contribution in [-0.2, 0) is 0 Å². The Morgan fingerprint density at radius 2 is 2.23 bits per heavy atom. The molecule has 0 atom stereocenters. The van der Waals surface area contributed by atoms with Gasteiger partial charge in [0.15, 0.2) is 0 Å². The third kappa shape index (κ3) is 1.06. The quantitative estimate of drug-likeness (QED) is 0.594. The molecule has 13 heavy (non-hydrogen) atoms. The van der Waals surface area contributed by atoms with E-state index in [1.807, 2.05) is 6.20 Å². The van der Waals surface area contributed by atoms with E-state index in [-0.39, 0.29) is 0 Å². The van der Waals surface area contributed by atoms with E-state index >= 15 is 0 Å². The molecule has 0 amide bonds. The molecule has 0 aliphatic heterocycles. The third-order valence-electron chi connectivity index (χ3n) is 2.01. The summed E-state index contributed by atoms with van der Waals surface area (Å²) in [5.41, 5.74) is 1.09. The van der Waals surface area contributed by atoms with Gasteiger partial charge < -0.3 is 0 Å². The first kappa shape index (κ1) is 7.91. The number of pyridine rings is 1. The molecule has 0 N–H and O–H groups in total. The minimum atomic E-state index is 1.09. The second-order valence-corrected chi connectivity index (χ2v) is 5.87. The number of rotatable bonds is 0. The third-order valence-corrected chi connectivity index (χ3v) is 4.57. The molecule has 3 aromatic heterocycles. The molecule has 0 aliphatic carbocycles. The van der Waals surface area contributed by atoms with Crippen LogP contribution < -0.4 is 0 Å². The molecular formula is C9H4BrNS2. The zero-order valence-corrected chi connectivity index (χ0v) is 9.67. The van der Waals surface area contributed by atoms with Crippen molar-refractivity contribution < 1.29 is 0 Å². The Morgan fingerprint density at radius 1 is 1.31 bits per heavy atom. The number of nitrogens with zero attached hydrogens (tertiary/aromatic N) is 1. The van der Waals surface area contributed by atoms with E-state index in [0.717, 1.165) is 5.52 Å². The lowest BCUT2D eigenvalue weighted by molar-refractivity contribution is 1.47. The molecule has 3 aromatic rings. The fourth-order valence-corrected chi connectivity index (χ4v) is 3.61. The summed E-state index contributed by atoms with van der Waals surface area (Å²) in [5.74, 6) is 0. The van der Waals surface area contributed by atoms with Crippen molar-refractivity contribution in [1.82, 2.24) is 4.98 Å². The normalized spacial score (nSPS) is 11.5. The lowest BCUT2D eigenvalue weighted by atomic mass is 10.2. The van der Waals surface area contributed by atoms with Crippen LogP contribution in [0.2, 0.25) is 0 Å². The van der Waals surface area contributed by atoms with Gasteiger partial charge in [0.1, 0.15) is 0 Å². The molecule has 0 aromatic carbocycles. The predicted molar refractivity (Wildman–Crippen MR) is 62.7 cm³/mol. The van der Waals surface area contributed by atoms with E-state index in [0.29, 0.717) is 0 Å². The van der Waals surface area contributed by atoms with E-state index in [1.54, 1.807) is 22.7 Å². The number of thiophene rings is 2. The summed E-state index contributed by atoms with van der Waals surface area (Å²) in [6, 6.07) is 2.15. The van der Waals surface area contributed by atoms with Crippen LogP contribution in [0.5, 0.6) is 0 Å². The van der Waals surface area contributed by atoms with Crippen molar-refractivity contribution >= 4 is 59.6 Å². The van der Waals surface area contributed by atoms with Crippen LogP contribution in [0.4, 0.5) is 0 Å². The Hall–Kier alpha value is -0.450. The van der Waals surface area contributed by atoms with Gasteiger partial charge in [-0.2, -0.15) is 0 Å². The predicted octanol–water partition coefficient (Wildman–Crippen LogP) is 4.27. The number of hydrogen-bond donors (Lipinski definition) is 0. The summed E-state index contributed by atoms with van der Waals surface area (Å²) in [4.78, 5) is 4.39. The van der Waals surface area contributed by atoms with Gasteiger partial charge in [0, 0.05) is 22.3 Å². The van der Waals surface area contributed by atoms with E-state index in [4.69, 9.17) is 0 Å². The van der Waals surface area contributed by atoms with Gasteiger partial charge >= 0.3 is 0 Å². The minimum absolute atomic E-state index is 1.09. The summed E-state index contributed by atoms with van der Waals surface area (Å²) in [6.45, 7) is 0. The van der Waals surface area contributed by atoms with Crippen molar-refractivity contribution in [2.24, 2.45) is 0 Å². The second-order valence-electron chi connectivity index (χ2n) is 2.73. The molecule has 0 saturated heterocycles. The lowest BCUT2D eigenvalue weighted by Crippen LogP contribution is -1.72. The molecule has 4 heteroatoms. The van der Waals surface area contributed by atoms with Gasteiger partial charge in [0.25, 0.3) is 0 Å². The van der Waals surface area contributed by atoms with Crippen molar-refractivity contribution in [2.75, 3.05) is 0 Å². The first-order chi connectivity index (χ1) is 6.36. The Kier molecular flexibility index (Phi) is 1.68. The molecule has 0 fully saturated rings. The maximum absolute atomic E-state index is 4.39. The largest absolute Gasteiger partial charge is 0.254 e. The van der Waals surface area contributed by atoms with Gasteiger partial charge in [-0.3, -0.25) is 4.98 Å². The smallest absolute Gasteiger partial charge is 0.0827 e. The zero-order chi connectivity index (χ0) is 8.84. The Morgan fingerprint density at radius 3 is 3.15 bits per heavy atom. The summed E-state index contributed by atoms with van der Waals surface area (Å²) in [6.07, 6.45) is 1.95. The molecule has 0 radical (unpaired) electrons. The van der Waals surface area contributed by atoms with Gasteiger partial charge in [0.05, 0.1) is 14.0 Å². The number of fused-ring (bicyclic) bond motifs is 3. The molecule has 0 unspecified atom stereocenters. The summed E-state index contributed by atoms with van der Waals surface area (Å²) >= 11 is 6.99. The topological polar surface area (TPSA) is 12.9 Å². The number of aromatic nitrogens is 1. The summed E-state index contributed by atoms with van der Waals surface area (Å²) in [5, 5.41) is 6.75. The van der Waals surface area contributed by atoms with E-state index in [9.17, 15) is 0 Å². The maximum atomic E-state index is 4.39. The van der Waals surface area contributed by atoms with Crippen molar-refractivity contribution in [3.63, 3.8) is 0 Å². The van der Waals surface area contributed by atoms with Crippen molar-refractivity contribution in [1.29, 1.82) is 0 Å². The first-order valence-electron chi connectivity index (χ1n) is 3.75. The summed E-state index contributed by atoms with van der Waals surface area (Å²) < 4.78 is 2.44. The Labute approximate surface area is 91.2 Å². The highest BCUT2D eigenvalue weighted by molar-refractivity contribution is 9.11. The van der Waals surface area contributed by atoms with Crippen LogP contribution in [0.25, 0.3) is 21.0 Å². The fourth-order valence-electron chi connectivity index (χ4n) is 1.42. The second kappa shape index (κ2) is 2.77. The SMILES string of the molecule is Brc1scc2ncc3sccc3c12. The van der Waals surface area contributed by atoms with Crippen LogP contribution in [0, 0.1) is 0 Å². The van der Waals surface area contributed by atoms with Gasteiger partial charge in [-0.15, -0.1) is 22.7 Å². The molecule has 1 nitrogen and oxygen atoms in total. The van der Waals surface area contributed by atoms with Gasteiger partial charge in [-0.1, -0.05) is 0 Å². The van der Waals surface area contributed by atoms with Crippen molar-refractivity contribution in [3.8, 4) is 0 Å². The molecule has 0 bridgehead atoms. The monoisotopic (exact) mass is 269 g/mol. The minimum Gasteiger partial charge on any atom is -0.254 e. The van der Waals surface area contributed by atoms with Crippen LogP contribution in [0.3, 0.4) is 0 Å². The molecular weight excluding hydrogens is 266 g/mol. The molecule has 0 spiro atoms. The standard InChI is InChI=1S/C9H4BrNS2/c10-9-8-5-1-2-12-7(5)3-11-6(8)4-13-9/h1-4H. The molecule has 3 heterocycles. The fraction of sp³-hybridized carbons (Fsp3) is 0. The van der Waals surface area contributed by atoms with Crippen LogP contribution >= 0.6 is 38.6 Å².